The number of carbonyl (C=O) groups excluding carboxylic acids is 2. The van der Waals surface area contributed by atoms with Crippen LogP contribution in [0, 0.1) is 17.6 Å². The van der Waals surface area contributed by atoms with Crippen LogP contribution in [0.1, 0.15) is 33.6 Å². The molecule has 0 aliphatic carbocycles. The number of carbonyl (C=O) groups is 2. The zero-order valence-electron chi connectivity index (χ0n) is 17.0. The smallest absolute Gasteiger partial charge is 0.253 e. The van der Waals surface area contributed by atoms with Gasteiger partial charge in [-0.25, -0.2) is 13.8 Å². The van der Waals surface area contributed by atoms with Crippen molar-refractivity contribution < 1.29 is 18.4 Å². The highest BCUT2D eigenvalue weighted by molar-refractivity contribution is 7.15. The summed E-state index contributed by atoms with van der Waals surface area (Å²) in [5, 5.41) is 3.82. The Morgan fingerprint density at radius 3 is 2.69 bits per heavy atom. The number of amides is 2. The van der Waals surface area contributed by atoms with Crippen molar-refractivity contribution in [2.75, 3.05) is 18.4 Å². The molecule has 0 bridgehead atoms. The van der Waals surface area contributed by atoms with Gasteiger partial charge >= 0.3 is 0 Å². The van der Waals surface area contributed by atoms with E-state index in [9.17, 15) is 18.4 Å². The van der Waals surface area contributed by atoms with Gasteiger partial charge in [0.05, 0.1) is 5.92 Å². The van der Waals surface area contributed by atoms with Gasteiger partial charge in [0.1, 0.15) is 0 Å². The molecule has 1 N–H and O–H groups in total. The maximum absolute atomic E-state index is 13.4. The summed E-state index contributed by atoms with van der Waals surface area (Å²) in [5.74, 6) is -2.43. The fourth-order valence-corrected chi connectivity index (χ4v) is 4.63. The molecular formula is C23H20ClF2N3O2S. The minimum atomic E-state index is -0.893. The van der Waals surface area contributed by atoms with Crippen molar-refractivity contribution >= 4 is 39.9 Å². The minimum absolute atomic E-state index is 0.123. The maximum Gasteiger partial charge on any atom is 0.253 e. The number of piperidine rings is 1. The highest BCUT2D eigenvalue weighted by Crippen LogP contribution is 2.25. The van der Waals surface area contributed by atoms with E-state index in [1.54, 1.807) is 35.4 Å². The molecule has 32 heavy (non-hydrogen) atoms. The molecule has 2 amide bonds. The number of benzene rings is 2. The van der Waals surface area contributed by atoms with Crippen LogP contribution in [0.2, 0.25) is 5.02 Å². The summed E-state index contributed by atoms with van der Waals surface area (Å²) in [5.41, 5.74) is 1.16. The van der Waals surface area contributed by atoms with Crippen molar-refractivity contribution in [1.29, 1.82) is 0 Å². The van der Waals surface area contributed by atoms with E-state index in [-0.39, 0.29) is 17.7 Å². The third kappa shape index (κ3) is 5.31. The molecule has 2 heterocycles. The predicted octanol–water partition coefficient (Wildman–Crippen LogP) is 5.16. The van der Waals surface area contributed by atoms with Crippen molar-refractivity contribution in [3.63, 3.8) is 0 Å². The molecule has 5 nitrogen and oxygen atoms in total. The molecule has 166 valence electrons. The van der Waals surface area contributed by atoms with Crippen molar-refractivity contribution in [2.24, 2.45) is 5.92 Å². The first-order valence-corrected chi connectivity index (χ1v) is 11.3. The molecule has 1 saturated heterocycles. The Hall–Kier alpha value is -2.84. The van der Waals surface area contributed by atoms with Gasteiger partial charge in [-0.2, -0.15) is 0 Å². The number of hydrogen-bond acceptors (Lipinski definition) is 4. The van der Waals surface area contributed by atoms with E-state index in [0.717, 1.165) is 23.4 Å². The standard InChI is InChI=1S/C23H20ClF2N3O2S/c24-17-6-4-15(5-7-17)22(31)29-9-1-2-16(13-29)21(30)28-23-27-12-18(32-23)10-14-3-8-19(25)20(26)11-14/h3-8,11-12,16H,1-2,9-10,13H2,(H,27,28,30). The van der Waals surface area contributed by atoms with Gasteiger partial charge in [-0.1, -0.05) is 17.7 Å². The summed E-state index contributed by atoms with van der Waals surface area (Å²) < 4.78 is 26.5. The lowest BCUT2D eigenvalue weighted by Gasteiger charge is -2.32. The Labute approximate surface area is 193 Å². The summed E-state index contributed by atoms with van der Waals surface area (Å²) in [6.45, 7) is 0.932. The quantitative estimate of drug-likeness (QED) is 0.554. The number of nitrogens with zero attached hydrogens (tertiary/aromatic N) is 2. The van der Waals surface area contributed by atoms with Gasteiger partial charge in [0.15, 0.2) is 16.8 Å². The van der Waals surface area contributed by atoms with Gasteiger partial charge in [0.2, 0.25) is 5.91 Å². The number of anilines is 1. The molecule has 0 radical (unpaired) electrons. The topological polar surface area (TPSA) is 62.3 Å². The summed E-state index contributed by atoms with van der Waals surface area (Å²) >= 11 is 7.17. The number of aromatic nitrogens is 1. The average Bonchev–Trinajstić information content (AvgIpc) is 3.23. The van der Waals surface area contributed by atoms with Crippen molar-refractivity contribution in [3.05, 3.63) is 81.3 Å². The van der Waals surface area contributed by atoms with Crippen molar-refractivity contribution in [1.82, 2.24) is 9.88 Å². The Balaban J connectivity index is 1.35. The second kappa shape index (κ2) is 9.75. The van der Waals surface area contributed by atoms with E-state index in [1.807, 2.05) is 0 Å². The van der Waals surface area contributed by atoms with Crippen LogP contribution in [-0.2, 0) is 11.2 Å². The second-order valence-corrected chi connectivity index (χ2v) is 9.20. The number of hydrogen-bond donors (Lipinski definition) is 1. The van der Waals surface area contributed by atoms with Gasteiger partial charge < -0.3 is 10.2 Å². The van der Waals surface area contributed by atoms with Crippen LogP contribution in [0.4, 0.5) is 13.9 Å². The lowest BCUT2D eigenvalue weighted by Crippen LogP contribution is -2.43. The Morgan fingerprint density at radius 2 is 1.94 bits per heavy atom. The highest BCUT2D eigenvalue weighted by atomic mass is 35.5. The molecule has 9 heteroatoms. The predicted molar refractivity (Wildman–Crippen MR) is 120 cm³/mol. The third-order valence-corrected chi connectivity index (χ3v) is 6.48. The zero-order valence-corrected chi connectivity index (χ0v) is 18.6. The van der Waals surface area contributed by atoms with Gasteiger partial charge in [-0.15, -0.1) is 11.3 Å². The van der Waals surface area contributed by atoms with Crippen molar-refractivity contribution in [3.8, 4) is 0 Å². The van der Waals surface area contributed by atoms with Crippen LogP contribution in [0.3, 0.4) is 0 Å². The number of likely N-dealkylation sites (tertiary alicyclic amines) is 1. The highest BCUT2D eigenvalue weighted by Gasteiger charge is 2.29. The average molecular weight is 476 g/mol. The molecule has 1 aliphatic heterocycles. The van der Waals surface area contributed by atoms with E-state index in [4.69, 9.17) is 11.6 Å². The monoisotopic (exact) mass is 475 g/mol. The van der Waals surface area contributed by atoms with E-state index in [1.165, 1.54) is 17.4 Å². The molecule has 0 spiro atoms. The largest absolute Gasteiger partial charge is 0.338 e. The first kappa shape index (κ1) is 22.4. The van der Waals surface area contributed by atoms with Crippen molar-refractivity contribution in [2.45, 2.75) is 19.3 Å². The van der Waals surface area contributed by atoms with Crippen LogP contribution < -0.4 is 5.32 Å². The number of nitrogens with one attached hydrogen (secondary N) is 1. The lowest BCUT2D eigenvalue weighted by atomic mass is 9.96. The van der Waals surface area contributed by atoms with Gasteiger partial charge in [0, 0.05) is 41.2 Å². The number of rotatable bonds is 5. The van der Waals surface area contributed by atoms with Crippen LogP contribution in [0.5, 0.6) is 0 Å². The Bertz CT molecular complexity index is 1140. The summed E-state index contributed by atoms with van der Waals surface area (Å²) in [6, 6.07) is 10.5. The second-order valence-electron chi connectivity index (χ2n) is 7.64. The van der Waals surface area contributed by atoms with E-state index >= 15 is 0 Å². The molecule has 1 aliphatic rings. The number of thiazole rings is 1. The van der Waals surface area contributed by atoms with Crippen LogP contribution in [0.15, 0.2) is 48.7 Å². The summed E-state index contributed by atoms with van der Waals surface area (Å²) in [4.78, 5) is 32.3. The molecule has 1 fully saturated rings. The van der Waals surface area contributed by atoms with Gasteiger partial charge in [-0.3, -0.25) is 9.59 Å². The molecule has 0 saturated carbocycles. The van der Waals surface area contributed by atoms with Crippen LogP contribution in [-0.4, -0.2) is 34.8 Å². The molecule has 4 rings (SSSR count). The maximum atomic E-state index is 13.4. The van der Waals surface area contributed by atoms with E-state index in [2.05, 4.69) is 10.3 Å². The van der Waals surface area contributed by atoms with Gasteiger partial charge in [-0.05, 0) is 54.8 Å². The normalized spacial score (nSPS) is 16.1. The number of halogens is 3. The Morgan fingerprint density at radius 1 is 1.16 bits per heavy atom. The molecule has 1 unspecified atom stereocenters. The molecular weight excluding hydrogens is 456 g/mol. The van der Waals surface area contributed by atoms with Gasteiger partial charge in [0.25, 0.3) is 5.91 Å². The first-order valence-electron chi connectivity index (χ1n) is 10.1. The SMILES string of the molecule is O=C(Nc1ncc(Cc2ccc(F)c(F)c2)s1)C1CCCN(C(=O)c2ccc(Cl)cc2)C1. The molecule has 2 aromatic carbocycles. The molecule has 1 aromatic heterocycles. The van der Waals surface area contributed by atoms with Crippen LogP contribution >= 0.6 is 22.9 Å². The zero-order chi connectivity index (χ0) is 22.7. The first-order chi connectivity index (χ1) is 15.4. The summed E-state index contributed by atoms with van der Waals surface area (Å²) in [7, 11) is 0. The third-order valence-electron chi connectivity index (χ3n) is 5.32. The molecule has 3 aromatic rings. The minimum Gasteiger partial charge on any atom is -0.338 e. The summed E-state index contributed by atoms with van der Waals surface area (Å²) in [6.07, 6.45) is 3.41. The van der Waals surface area contributed by atoms with Crippen LogP contribution in [0.25, 0.3) is 0 Å². The molecule has 1 atom stereocenters. The van der Waals surface area contributed by atoms with E-state index < -0.39 is 11.6 Å². The lowest BCUT2D eigenvalue weighted by molar-refractivity contribution is -0.121. The fourth-order valence-electron chi connectivity index (χ4n) is 3.66. The fraction of sp³-hybridized carbons (Fsp3) is 0.261. The Kier molecular flexibility index (Phi) is 6.81. The van der Waals surface area contributed by atoms with E-state index in [0.29, 0.717) is 47.2 Å².